The Morgan fingerprint density at radius 1 is 0.952 bits per heavy atom. The van der Waals surface area contributed by atoms with Crippen LogP contribution < -0.4 is 5.32 Å². The van der Waals surface area contributed by atoms with Crippen LogP contribution in [0.2, 0.25) is 0 Å². The van der Waals surface area contributed by atoms with Gasteiger partial charge >= 0.3 is 0 Å². The van der Waals surface area contributed by atoms with Crippen LogP contribution in [0, 0.1) is 11.6 Å². The molecule has 0 aromatic heterocycles. The summed E-state index contributed by atoms with van der Waals surface area (Å²) in [7, 11) is 0. The summed E-state index contributed by atoms with van der Waals surface area (Å²) >= 11 is 0. The number of halogens is 2. The van der Waals surface area contributed by atoms with E-state index in [9.17, 15) is 8.78 Å². The fourth-order valence-corrected chi connectivity index (χ4v) is 2.52. The zero-order valence-corrected chi connectivity index (χ0v) is 12.3. The molecule has 0 heterocycles. The van der Waals surface area contributed by atoms with Crippen molar-refractivity contribution in [3.8, 4) is 0 Å². The van der Waals surface area contributed by atoms with Crippen LogP contribution in [0.4, 0.5) is 8.78 Å². The highest BCUT2D eigenvalue weighted by Crippen LogP contribution is 2.16. The van der Waals surface area contributed by atoms with Gasteiger partial charge in [-0.15, -0.1) is 0 Å². The van der Waals surface area contributed by atoms with Gasteiger partial charge in [0.15, 0.2) is 0 Å². The van der Waals surface area contributed by atoms with E-state index in [1.165, 1.54) is 23.8 Å². The van der Waals surface area contributed by atoms with Crippen LogP contribution in [-0.2, 0) is 12.8 Å². The minimum atomic E-state index is -0.461. The van der Waals surface area contributed by atoms with Crippen molar-refractivity contribution >= 4 is 0 Å². The number of likely N-dealkylation sites (N-methyl/N-ethyl adjacent to an activating group) is 1. The quantitative estimate of drug-likeness (QED) is 0.808. The third-order valence-corrected chi connectivity index (χ3v) is 3.63. The molecule has 0 aliphatic heterocycles. The van der Waals surface area contributed by atoms with Crippen molar-refractivity contribution in [3.05, 3.63) is 71.3 Å². The summed E-state index contributed by atoms with van der Waals surface area (Å²) in [5, 5.41) is 3.32. The molecule has 0 aliphatic carbocycles. The van der Waals surface area contributed by atoms with Crippen molar-refractivity contribution in [1.82, 2.24) is 5.32 Å². The van der Waals surface area contributed by atoms with Gasteiger partial charge in [-0.1, -0.05) is 43.3 Å². The van der Waals surface area contributed by atoms with E-state index >= 15 is 0 Å². The molecule has 21 heavy (non-hydrogen) atoms. The fourth-order valence-electron chi connectivity index (χ4n) is 2.52. The Balaban J connectivity index is 2.02. The lowest BCUT2D eigenvalue weighted by Crippen LogP contribution is -2.32. The molecule has 0 aliphatic rings. The molecule has 112 valence electrons. The van der Waals surface area contributed by atoms with E-state index in [0.717, 1.165) is 19.4 Å². The maximum Gasteiger partial charge on any atom is 0.129 e. The van der Waals surface area contributed by atoms with E-state index in [1.807, 2.05) is 25.1 Å². The molecule has 0 bridgehead atoms. The third-order valence-electron chi connectivity index (χ3n) is 3.63. The van der Waals surface area contributed by atoms with Crippen LogP contribution in [0.3, 0.4) is 0 Å². The van der Waals surface area contributed by atoms with Crippen molar-refractivity contribution in [3.63, 3.8) is 0 Å². The number of aryl methyl sites for hydroxylation is 1. The average molecular weight is 289 g/mol. The number of benzene rings is 2. The standard InChI is InChI=1S/C18H21F2N/c1-2-21-15(12-11-14-7-4-3-5-8-14)13-16-17(19)9-6-10-18(16)20/h3-10,15,21H,2,11-13H2,1H3. The summed E-state index contributed by atoms with van der Waals surface area (Å²) in [6, 6.07) is 14.3. The van der Waals surface area contributed by atoms with Gasteiger partial charge in [-0.05, 0) is 43.5 Å². The van der Waals surface area contributed by atoms with E-state index < -0.39 is 11.6 Å². The normalized spacial score (nSPS) is 12.3. The highest BCUT2D eigenvalue weighted by molar-refractivity contribution is 5.21. The summed E-state index contributed by atoms with van der Waals surface area (Å²) in [6.45, 7) is 2.79. The van der Waals surface area contributed by atoms with Gasteiger partial charge in [0.05, 0.1) is 0 Å². The molecule has 0 saturated heterocycles. The Hall–Kier alpha value is -1.74. The molecule has 0 radical (unpaired) electrons. The molecular formula is C18H21F2N. The number of rotatable bonds is 7. The van der Waals surface area contributed by atoms with E-state index in [4.69, 9.17) is 0 Å². The molecule has 2 aromatic rings. The van der Waals surface area contributed by atoms with Gasteiger partial charge in [0.2, 0.25) is 0 Å². The van der Waals surface area contributed by atoms with E-state index in [2.05, 4.69) is 17.4 Å². The zero-order chi connectivity index (χ0) is 15.1. The molecule has 1 atom stereocenters. The summed E-state index contributed by atoms with van der Waals surface area (Å²) in [5.74, 6) is -0.921. The van der Waals surface area contributed by atoms with Crippen molar-refractivity contribution in [2.75, 3.05) is 6.54 Å². The molecule has 0 fully saturated rings. The second-order valence-corrected chi connectivity index (χ2v) is 5.18. The molecular weight excluding hydrogens is 268 g/mol. The van der Waals surface area contributed by atoms with E-state index in [-0.39, 0.29) is 11.6 Å². The summed E-state index contributed by atoms with van der Waals surface area (Å²) in [5.41, 5.74) is 1.42. The van der Waals surface area contributed by atoms with Gasteiger partial charge in [-0.3, -0.25) is 0 Å². The fraction of sp³-hybridized carbons (Fsp3) is 0.333. The van der Waals surface area contributed by atoms with Crippen LogP contribution in [0.15, 0.2) is 48.5 Å². The molecule has 0 spiro atoms. The Morgan fingerprint density at radius 3 is 2.24 bits per heavy atom. The van der Waals surface area contributed by atoms with Crippen molar-refractivity contribution < 1.29 is 8.78 Å². The smallest absolute Gasteiger partial charge is 0.129 e. The van der Waals surface area contributed by atoms with Crippen molar-refractivity contribution in [2.24, 2.45) is 0 Å². The number of hydrogen-bond acceptors (Lipinski definition) is 1. The first-order valence-corrected chi connectivity index (χ1v) is 7.41. The maximum atomic E-state index is 13.7. The predicted molar refractivity (Wildman–Crippen MR) is 82.3 cm³/mol. The first-order valence-electron chi connectivity index (χ1n) is 7.41. The lowest BCUT2D eigenvalue weighted by Gasteiger charge is -2.18. The van der Waals surface area contributed by atoms with Gasteiger partial charge in [-0.25, -0.2) is 8.78 Å². The monoisotopic (exact) mass is 289 g/mol. The summed E-state index contributed by atoms with van der Waals surface area (Å²) < 4.78 is 27.5. The average Bonchev–Trinajstić information content (AvgIpc) is 2.49. The Kier molecular flexibility index (Phi) is 5.88. The zero-order valence-electron chi connectivity index (χ0n) is 12.3. The summed E-state index contributed by atoms with van der Waals surface area (Å²) in [6.07, 6.45) is 2.12. The van der Waals surface area contributed by atoms with Crippen LogP contribution in [0.5, 0.6) is 0 Å². The van der Waals surface area contributed by atoms with Crippen LogP contribution in [-0.4, -0.2) is 12.6 Å². The minimum Gasteiger partial charge on any atom is -0.314 e. The largest absolute Gasteiger partial charge is 0.314 e. The topological polar surface area (TPSA) is 12.0 Å². The predicted octanol–water partition coefficient (Wildman–Crippen LogP) is 4.12. The molecule has 2 rings (SSSR count). The first kappa shape index (κ1) is 15.6. The Bertz CT molecular complexity index is 534. The van der Waals surface area contributed by atoms with Gasteiger partial charge in [0, 0.05) is 11.6 Å². The SMILES string of the molecule is CCNC(CCc1ccccc1)Cc1c(F)cccc1F. The second kappa shape index (κ2) is 7.89. The van der Waals surface area contributed by atoms with E-state index in [0.29, 0.717) is 6.42 Å². The van der Waals surface area contributed by atoms with Gasteiger partial charge in [0.25, 0.3) is 0 Å². The molecule has 3 heteroatoms. The molecule has 0 amide bonds. The van der Waals surface area contributed by atoms with Gasteiger partial charge in [0.1, 0.15) is 11.6 Å². The van der Waals surface area contributed by atoms with E-state index in [1.54, 1.807) is 0 Å². The lowest BCUT2D eigenvalue weighted by atomic mass is 9.98. The van der Waals surface area contributed by atoms with Crippen LogP contribution >= 0.6 is 0 Å². The Morgan fingerprint density at radius 2 is 1.62 bits per heavy atom. The molecule has 2 aromatic carbocycles. The third kappa shape index (κ3) is 4.64. The first-order chi connectivity index (χ1) is 10.2. The van der Waals surface area contributed by atoms with Gasteiger partial charge < -0.3 is 5.32 Å². The van der Waals surface area contributed by atoms with Crippen molar-refractivity contribution in [2.45, 2.75) is 32.2 Å². The minimum absolute atomic E-state index is 0.0709. The van der Waals surface area contributed by atoms with Gasteiger partial charge in [-0.2, -0.15) is 0 Å². The maximum absolute atomic E-state index is 13.7. The van der Waals surface area contributed by atoms with Crippen molar-refractivity contribution in [1.29, 1.82) is 0 Å². The molecule has 0 saturated carbocycles. The number of hydrogen-bond donors (Lipinski definition) is 1. The molecule has 1 nitrogen and oxygen atoms in total. The summed E-state index contributed by atoms with van der Waals surface area (Å²) in [4.78, 5) is 0. The Labute approximate surface area is 125 Å². The highest BCUT2D eigenvalue weighted by atomic mass is 19.1. The number of nitrogens with one attached hydrogen (secondary N) is 1. The second-order valence-electron chi connectivity index (χ2n) is 5.18. The van der Waals surface area contributed by atoms with Crippen LogP contribution in [0.1, 0.15) is 24.5 Å². The molecule has 1 unspecified atom stereocenters. The highest BCUT2D eigenvalue weighted by Gasteiger charge is 2.15. The van der Waals surface area contributed by atoms with Crippen LogP contribution in [0.25, 0.3) is 0 Å². The lowest BCUT2D eigenvalue weighted by molar-refractivity contribution is 0.464. The molecule has 1 N–H and O–H groups in total.